The molecule has 116 valence electrons. The van der Waals surface area contributed by atoms with Gasteiger partial charge in [-0.1, -0.05) is 26.3 Å². The fourth-order valence-electron chi connectivity index (χ4n) is 3.11. The van der Waals surface area contributed by atoms with Crippen molar-refractivity contribution in [3.05, 3.63) is 23.4 Å². The molecule has 1 saturated heterocycles. The highest BCUT2D eigenvalue weighted by molar-refractivity contribution is 5.42. The Kier molecular flexibility index (Phi) is 4.21. The van der Waals surface area contributed by atoms with Crippen LogP contribution in [0.3, 0.4) is 0 Å². The molecule has 3 heteroatoms. The Morgan fingerprint density at radius 2 is 2.00 bits per heavy atom. The van der Waals surface area contributed by atoms with Crippen molar-refractivity contribution in [2.75, 3.05) is 18.0 Å². The molecule has 0 aromatic carbocycles. The van der Waals surface area contributed by atoms with Crippen LogP contribution in [-0.2, 0) is 6.54 Å². The van der Waals surface area contributed by atoms with Crippen molar-refractivity contribution in [1.29, 1.82) is 0 Å². The predicted molar refractivity (Wildman–Crippen MR) is 88.7 cm³/mol. The van der Waals surface area contributed by atoms with Crippen LogP contribution in [0.2, 0.25) is 0 Å². The van der Waals surface area contributed by atoms with Crippen LogP contribution in [0.25, 0.3) is 0 Å². The SMILES string of the molecule is CCC1(C)CCN(c2ccc(CNC3CC3)c(C)n2)CC1. The van der Waals surface area contributed by atoms with Crippen LogP contribution in [0.5, 0.6) is 0 Å². The molecular formula is C18H29N3. The number of hydrogen-bond acceptors (Lipinski definition) is 3. The minimum absolute atomic E-state index is 0.541. The predicted octanol–water partition coefficient (Wildman–Crippen LogP) is 3.66. The summed E-state index contributed by atoms with van der Waals surface area (Å²) in [5, 5.41) is 3.58. The summed E-state index contributed by atoms with van der Waals surface area (Å²) in [7, 11) is 0. The van der Waals surface area contributed by atoms with Crippen molar-refractivity contribution in [2.45, 2.75) is 65.5 Å². The number of rotatable bonds is 5. The van der Waals surface area contributed by atoms with E-state index < -0.39 is 0 Å². The first-order chi connectivity index (χ1) is 10.1. The average Bonchev–Trinajstić information content (AvgIpc) is 3.31. The number of pyridine rings is 1. The van der Waals surface area contributed by atoms with Crippen molar-refractivity contribution in [2.24, 2.45) is 5.41 Å². The van der Waals surface area contributed by atoms with Gasteiger partial charge in [-0.2, -0.15) is 0 Å². The molecule has 0 amide bonds. The van der Waals surface area contributed by atoms with Gasteiger partial charge < -0.3 is 10.2 Å². The van der Waals surface area contributed by atoms with E-state index in [2.05, 4.69) is 43.1 Å². The highest BCUT2D eigenvalue weighted by Crippen LogP contribution is 2.35. The molecule has 1 aromatic heterocycles. The maximum atomic E-state index is 4.85. The zero-order valence-corrected chi connectivity index (χ0v) is 13.8. The highest BCUT2D eigenvalue weighted by Gasteiger charge is 2.28. The van der Waals surface area contributed by atoms with E-state index in [0.29, 0.717) is 5.41 Å². The third kappa shape index (κ3) is 3.57. The van der Waals surface area contributed by atoms with Crippen molar-refractivity contribution < 1.29 is 0 Å². The molecule has 1 aromatic rings. The second-order valence-electron chi connectivity index (χ2n) is 7.22. The topological polar surface area (TPSA) is 28.2 Å². The summed E-state index contributed by atoms with van der Waals surface area (Å²) in [5.41, 5.74) is 3.07. The van der Waals surface area contributed by atoms with Gasteiger partial charge in [-0.25, -0.2) is 4.98 Å². The summed E-state index contributed by atoms with van der Waals surface area (Å²) in [5.74, 6) is 1.17. The molecule has 0 bridgehead atoms. The van der Waals surface area contributed by atoms with Crippen molar-refractivity contribution >= 4 is 5.82 Å². The zero-order valence-electron chi connectivity index (χ0n) is 13.8. The second-order valence-corrected chi connectivity index (χ2v) is 7.22. The van der Waals surface area contributed by atoms with Gasteiger partial charge in [-0.15, -0.1) is 0 Å². The summed E-state index contributed by atoms with van der Waals surface area (Å²) in [6, 6.07) is 5.24. The van der Waals surface area contributed by atoms with Crippen LogP contribution in [0, 0.1) is 12.3 Å². The van der Waals surface area contributed by atoms with Crippen LogP contribution >= 0.6 is 0 Å². The molecule has 0 spiro atoms. The molecule has 2 fully saturated rings. The molecule has 0 radical (unpaired) electrons. The number of nitrogens with zero attached hydrogens (tertiary/aromatic N) is 2. The van der Waals surface area contributed by atoms with Gasteiger partial charge in [0.2, 0.25) is 0 Å². The van der Waals surface area contributed by atoms with E-state index >= 15 is 0 Å². The maximum Gasteiger partial charge on any atom is 0.128 e. The van der Waals surface area contributed by atoms with Crippen molar-refractivity contribution in [3.8, 4) is 0 Å². The quantitative estimate of drug-likeness (QED) is 0.896. The lowest BCUT2D eigenvalue weighted by molar-refractivity contribution is 0.238. The molecule has 2 aliphatic rings. The first kappa shape index (κ1) is 14.8. The maximum absolute atomic E-state index is 4.85. The molecule has 1 saturated carbocycles. The summed E-state index contributed by atoms with van der Waals surface area (Å²) in [6.07, 6.45) is 6.55. The number of anilines is 1. The second kappa shape index (κ2) is 5.96. The summed E-state index contributed by atoms with van der Waals surface area (Å²) < 4.78 is 0. The lowest BCUT2D eigenvalue weighted by Gasteiger charge is -2.39. The Hall–Kier alpha value is -1.09. The van der Waals surface area contributed by atoms with Crippen LogP contribution in [0.1, 0.15) is 57.2 Å². The monoisotopic (exact) mass is 287 g/mol. The molecule has 0 unspecified atom stereocenters. The first-order valence-electron chi connectivity index (χ1n) is 8.54. The number of nitrogens with one attached hydrogen (secondary N) is 1. The molecule has 3 nitrogen and oxygen atoms in total. The minimum atomic E-state index is 0.541. The molecule has 3 rings (SSSR count). The molecular weight excluding hydrogens is 258 g/mol. The van der Waals surface area contributed by atoms with Crippen LogP contribution in [0.15, 0.2) is 12.1 Å². The van der Waals surface area contributed by atoms with Gasteiger partial charge in [-0.05, 0) is 49.7 Å². The van der Waals surface area contributed by atoms with Gasteiger partial charge in [-0.3, -0.25) is 0 Å². The lowest BCUT2D eigenvalue weighted by atomic mass is 9.78. The van der Waals surface area contributed by atoms with Crippen LogP contribution < -0.4 is 10.2 Å². The Morgan fingerprint density at radius 1 is 1.29 bits per heavy atom. The van der Waals surface area contributed by atoms with Crippen molar-refractivity contribution in [3.63, 3.8) is 0 Å². The minimum Gasteiger partial charge on any atom is -0.357 e. The molecule has 0 atom stereocenters. The standard InChI is InChI=1S/C18H29N3/c1-4-18(3)9-11-21(12-10-18)17-8-5-15(14(2)20-17)13-19-16-6-7-16/h5,8,16,19H,4,6-7,9-13H2,1-3H3. The zero-order chi connectivity index (χ0) is 14.9. The summed E-state index contributed by atoms with van der Waals surface area (Å²) in [4.78, 5) is 7.32. The third-order valence-electron chi connectivity index (χ3n) is 5.49. The molecule has 1 aliphatic heterocycles. The van der Waals surface area contributed by atoms with Gasteiger partial charge in [0.05, 0.1) is 0 Å². The fourth-order valence-corrected chi connectivity index (χ4v) is 3.11. The average molecular weight is 287 g/mol. The normalized spacial score (nSPS) is 21.6. The van der Waals surface area contributed by atoms with Gasteiger partial charge in [0.25, 0.3) is 0 Å². The van der Waals surface area contributed by atoms with Gasteiger partial charge in [0.15, 0.2) is 0 Å². The molecule has 1 aliphatic carbocycles. The highest BCUT2D eigenvalue weighted by atomic mass is 15.2. The number of hydrogen-bond donors (Lipinski definition) is 1. The van der Waals surface area contributed by atoms with Gasteiger partial charge in [0, 0.05) is 31.4 Å². The largest absolute Gasteiger partial charge is 0.357 e. The first-order valence-corrected chi connectivity index (χ1v) is 8.54. The molecule has 21 heavy (non-hydrogen) atoms. The van der Waals surface area contributed by atoms with Crippen LogP contribution in [-0.4, -0.2) is 24.1 Å². The molecule has 2 heterocycles. The Morgan fingerprint density at radius 3 is 2.57 bits per heavy atom. The fraction of sp³-hybridized carbons (Fsp3) is 0.722. The Bertz CT molecular complexity index is 485. The van der Waals surface area contributed by atoms with Crippen molar-refractivity contribution in [1.82, 2.24) is 10.3 Å². The van der Waals surface area contributed by atoms with E-state index in [1.165, 1.54) is 49.2 Å². The smallest absolute Gasteiger partial charge is 0.128 e. The Labute approximate surface area is 129 Å². The van der Waals surface area contributed by atoms with E-state index in [1.807, 2.05) is 0 Å². The number of aromatic nitrogens is 1. The van der Waals surface area contributed by atoms with Gasteiger partial charge in [0.1, 0.15) is 5.82 Å². The van der Waals surface area contributed by atoms with E-state index in [0.717, 1.165) is 25.7 Å². The van der Waals surface area contributed by atoms with Crippen LogP contribution in [0.4, 0.5) is 5.82 Å². The van der Waals surface area contributed by atoms with E-state index in [4.69, 9.17) is 4.98 Å². The Balaban J connectivity index is 1.62. The summed E-state index contributed by atoms with van der Waals surface area (Å²) in [6.45, 7) is 10.2. The molecule has 1 N–H and O–H groups in total. The van der Waals surface area contributed by atoms with Gasteiger partial charge >= 0.3 is 0 Å². The number of piperidine rings is 1. The van der Waals surface area contributed by atoms with E-state index in [-0.39, 0.29) is 0 Å². The van der Waals surface area contributed by atoms with E-state index in [1.54, 1.807) is 0 Å². The summed E-state index contributed by atoms with van der Waals surface area (Å²) >= 11 is 0. The number of aryl methyl sites for hydroxylation is 1. The third-order valence-corrected chi connectivity index (χ3v) is 5.49. The van der Waals surface area contributed by atoms with E-state index in [9.17, 15) is 0 Å². The lowest BCUT2D eigenvalue weighted by Crippen LogP contribution is -2.38.